The average molecular weight is 410 g/mol. The minimum absolute atomic E-state index is 0.0356. The molecule has 5 heteroatoms. The van der Waals surface area contributed by atoms with Crippen LogP contribution in [0.4, 0.5) is 0 Å². The van der Waals surface area contributed by atoms with Gasteiger partial charge < -0.3 is 9.47 Å². The number of allylic oxidation sites excluding steroid dienone is 1. The first-order valence-corrected chi connectivity index (χ1v) is 10.9. The lowest BCUT2D eigenvalue weighted by atomic mass is 9.63. The summed E-state index contributed by atoms with van der Waals surface area (Å²) in [5.41, 5.74) is 4.05. The summed E-state index contributed by atoms with van der Waals surface area (Å²) in [5, 5.41) is 0. The van der Waals surface area contributed by atoms with Gasteiger partial charge in [-0.15, -0.1) is 0 Å². The van der Waals surface area contributed by atoms with Crippen molar-refractivity contribution in [1.82, 2.24) is 0 Å². The van der Waals surface area contributed by atoms with Crippen molar-refractivity contribution in [3.63, 3.8) is 0 Å². The van der Waals surface area contributed by atoms with Crippen LogP contribution in [0.5, 0.6) is 0 Å². The van der Waals surface area contributed by atoms with Crippen molar-refractivity contribution < 1.29 is 19.1 Å². The second kappa shape index (κ2) is 8.10. The Morgan fingerprint density at radius 3 is 2.67 bits per heavy atom. The second-order valence-corrected chi connectivity index (χ2v) is 9.63. The number of nitrogens with zero attached hydrogens (tertiary/aromatic N) is 1. The third kappa shape index (κ3) is 4.00. The molecular weight excluding hydrogens is 378 g/mol. The first kappa shape index (κ1) is 21.0. The standard InChI is InChI=1S/C25H31NO4/c1-15-8-5-6-10-18(15)22-21(24(28)30-14-17-9-7-11-29-17)16(2)26-19-12-25(3,4)13-20(27)23(19)22/h5-6,8,10,17,22-23H,7,9,11-14H2,1-4H3/t17-,22+,23?/m0/s1. The lowest BCUT2D eigenvalue weighted by Crippen LogP contribution is -2.44. The summed E-state index contributed by atoms with van der Waals surface area (Å²) in [6.07, 6.45) is 3.13. The summed E-state index contributed by atoms with van der Waals surface area (Å²) in [7, 11) is 0. The van der Waals surface area contributed by atoms with Gasteiger partial charge in [-0.1, -0.05) is 38.1 Å². The summed E-state index contributed by atoms with van der Waals surface area (Å²) in [6.45, 7) is 9.08. The van der Waals surface area contributed by atoms with Crippen LogP contribution in [0, 0.1) is 18.3 Å². The van der Waals surface area contributed by atoms with Crippen molar-refractivity contribution in [2.45, 2.75) is 65.4 Å². The SMILES string of the molecule is CC1=C(C(=O)OC[C@@H]2CCCO2)[C@@H](c2ccccc2C)C2C(=O)CC(C)(C)CC2=N1. The maximum Gasteiger partial charge on any atom is 0.336 e. The molecule has 2 fully saturated rings. The Morgan fingerprint density at radius 2 is 1.97 bits per heavy atom. The molecule has 160 valence electrons. The van der Waals surface area contributed by atoms with E-state index < -0.39 is 5.92 Å². The van der Waals surface area contributed by atoms with Gasteiger partial charge in [0.1, 0.15) is 12.4 Å². The molecule has 3 aliphatic rings. The second-order valence-electron chi connectivity index (χ2n) is 9.63. The van der Waals surface area contributed by atoms with Gasteiger partial charge in [0.25, 0.3) is 0 Å². The van der Waals surface area contributed by atoms with Crippen molar-refractivity contribution in [3.05, 3.63) is 46.7 Å². The van der Waals surface area contributed by atoms with E-state index in [9.17, 15) is 9.59 Å². The van der Waals surface area contributed by atoms with E-state index in [0.29, 0.717) is 17.7 Å². The number of esters is 1. The minimum Gasteiger partial charge on any atom is -0.460 e. The van der Waals surface area contributed by atoms with E-state index in [1.54, 1.807) is 0 Å². The fourth-order valence-electron chi connectivity index (χ4n) is 5.15. The van der Waals surface area contributed by atoms with Gasteiger partial charge in [0.15, 0.2) is 0 Å². The first-order chi connectivity index (χ1) is 14.3. The van der Waals surface area contributed by atoms with Gasteiger partial charge in [0.05, 0.1) is 17.6 Å². The fraction of sp³-hybridized carbons (Fsp3) is 0.560. The number of ether oxygens (including phenoxy) is 2. The van der Waals surface area contributed by atoms with E-state index in [4.69, 9.17) is 14.5 Å². The number of carbonyl (C=O) groups excluding carboxylic acids is 2. The molecule has 1 aromatic rings. The number of aliphatic imine (C=N–C) groups is 1. The molecule has 1 unspecified atom stereocenters. The van der Waals surface area contributed by atoms with Crippen molar-refractivity contribution in [1.29, 1.82) is 0 Å². The molecule has 0 aromatic heterocycles. The van der Waals surface area contributed by atoms with Crippen LogP contribution in [0.2, 0.25) is 0 Å². The molecule has 30 heavy (non-hydrogen) atoms. The quantitative estimate of drug-likeness (QED) is 0.685. The Hall–Kier alpha value is -2.27. The maximum absolute atomic E-state index is 13.3. The van der Waals surface area contributed by atoms with Crippen LogP contribution in [0.3, 0.4) is 0 Å². The zero-order valence-electron chi connectivity index (χ0n) is 18.4. The predicted octanol–water partition coefficient (Wildman–Crippen LogP) is 4.53. The predicted molar refractivity (Wildman–Crippen MR) is 116 cm³/mol. The number of hydrogen-bond acceptors (Lipinski definition) is 5. The maximum atomic E-state index is 13.3. The first-order valence-electron chi connectivity index (χ1n) is 10.9. The molecule has 3 atom stereocenters. The Bertz CT molecular complexity index is 921. The number of benzene rings is 1. The van der Waals surface area contributed by atoms with E-state index in [2.05, 4.69) is 13.8 Å². The highest BCUT2D eigenvalue weighted by Crippen LogP contribution is 2.47. The van der Waals surface area contributed by atoms with Gasteiger partial charge in [0, 0.05) is 30.4 Å². The van der Waals surface area contributed by atoms with Crippen LogP contribution in [0.15, 0.2) is 40.5 Å². The van der Waals surface area contributed by atoms with Crippen molar-refractivity contribution >= 4 is 17.5 Å². The molecule has 0 N–H and O–H groups in total. The number of Topliss-reactive ketones (excluding diaryl/α,β-unsaturated/α-hetero) is 1. The van der Waals surface area contributed by atoms with E-state index in [0.717, 1.165) is 42.7 Å². The van der Waals surface area contributed by atoms with Crippen molar-refractivity contribution in [3.8, 4) is 0 Å². The third-order valence-electron chi connectivity index (χ3n) is 6.53. The van der Waals surface area contributed by atoms with Crippen molar-refractivity contribution in [2.24, 2.45) is 16.3 Å². The average Bonchev–Trinajstić information content (AvgIpc) is 3.18. The summed E-state index contributed by atoms with van der Waals surface area (Å²) in [5.74, 6) is -0.959. The molecule has 1 saturated carbocycles. The molecule has 4 rings (SSSR count). The Morgan fingerprint density at radius 1 is 1.20 bits per heavy atom. The van der Waals surface area contributed by atoms with Gasteiger partial charge in [-0.3, -0.25) is 9.79 Å². The molecule has 5 nitrogen and oxygen atoms in total. The van der Waals surface area contributed by atoms with Crippen molar-refractivity contribution in [2.75, 3.05) is 13.2 Å². The number of hydrogen-bond donors (Lipinski definition) is 0. The summed E-state index contributed by atoms with van der Waals surface area (Å²) in [4.78, 5) is 31.3. The van der Waals surface area contributed by atoms with Gasteiger partial charge in [-0.2, -0.15) is 0 Å². The molecule has 0 amide bonds. The van der Waals surface area contributed by atoms with Crippen LogP contribution in [-0.2, 0) is 19.1 Å². The van der Waals surface area contributed by atoms with E-state index in [-0.39, 0.29) is 35.8 Å². The zero-order valence-corrected chi connectivity index (χ0v) is 18.4. The van der Waals surface area contributed by atoms with Crippen LogP contribution in [-0.4, -0.2) is 36.8 Å². The Balaban J connectivity index is 1.74. The van der Waals surface area contributed by atoms with E-state index >= 15 is 0 Å². The highest BCUT2D eigenvalue weighted by molar-refractivity contribution is 6.12. The smallest absolute Gasteiger partial charge is 0.336 e. The summed E-state index contributed by atoms with van der Waals surface area (Å²) >= 11 is 0. The number of carbonyl (C=O) groups is 2. The highest BCUT2D eigenvalue weighted by atomic mass is 16.6. The lowest BCUT2D eigenvalue weighted by Gasteiger charge is -2.41. The Kier molecular flexibility index (Phi) is 5.67. The van der Waals surface area contributed by atoms with Gasteiger partial charge in [-0.25, -0.2) is 4.79 Å². The molecule has 2 aliphatic heterocycles. The van der Waals surface area contributed by atoms with E-state index in [1.165, 1.54) is 0 Å². The number of rotatable bonds is 4. The van der Waals surface area contributed by atoms with Crippen LogP contribution in [0.25, 0.3) is 0 Å². The van der Waals surface area contributed by atoms with Crippen LogP contribution < -0.4 is 0 Å². The number of ketones is 1. The monoisotopic (exact) mass is 409 g/mol. The summed E-state index contributed by atoms with van der Waals surface area (Å²) < 4.78 is 11.3. The zero-order chi connectivity index (χ0) is 21.5. The molecule has 1 aromatic carbocycles. The number of aryl methyl sites for hydroxylation is 1. The Labute approximate surface area is 178 Å². The molecule has 0 bridgehead atoms. The van der Waals surface area contributed by atoms with Gasteiger partial charge >= 0.3 is 5.97 Å². The van der Waals surface area contributed by atoms with Crippen LogP contribution in [0.1, 0.15) is 63.5 Å². The topological polar surface area (TPSA) is 65.0 Å². The highest BCUT2D eigenvalue weighted by Gasteiger charge is 2.48. The molecule has 0 radical (unpaired) electrons. The lowest BCUT2D eigenvalue weighted by molar-refractivity contribution is -0.142. The number of fused-ring (bicyclic) bond motifs is 1. The van der Waals surface area contributed by atoms with Crippen LogP contribution >= 0.6 is 0 Å². The molecule has 0 spiro atoms. The molecule has 2 heterocycles. The molecular formula is C25H31NO4. The normalized spacial score (nSPS) is 28.2. The minimum atomic E-state index is -0.395. The largest absolute Gasteiger partial charge is 0.460 e. The van der Waals surface area contributed by atoms with E-state index in [1.807, 2.05) is 38.1 Å². The molecule has 1 aliphatic carbocycles. The fourth-order valence-corrected chi connectivity index (χ4v) is 5.15. The molecule has 1 saturated heterocycles. The van der Waals surface area contributed by atoms with Gasteiger partial charge in [-0.05, 0) is 49.7 Å². The van der Waals surface area contributed by atoms with Gasteiger partial charge in [0.2, 0.25) is 0 Å². The third-order valence-corrected chi connectivity index (χ3v) is 6.53. The summed E-state index contributed by atoms with van der Waals surface area (Å²) in [6, 6.07) is 8.00.